The van der Waals surface area contributed by atoms with Gasteiger partial charge in [-0.25, -0.2) is 0 Å². The van der Waals surface area contributed by atoms with Crippen LogP contribution in [0.1, 0.15) is 103 Å². The summed E-state index contributed by atoms with van der Waals surface area (Å²) in [5.74, 6) is 1.54. The zero-order chi connectivity index (χ0) is 20.1. The molecule has 0 amide bonds. The van der Waals surface area contributed by atoms with E-state index in [4.69, 9.17) is 0 Å². The standard InChI is InChI=1S/C27H42/c1-7-10-11-13-25(16-14-22(4)5)27-20-18-26(19-21-27)24(12-8-2)17-15-23(6)9-3/h13-14,16,18-21,23-24H,4,7-12,15,17H2,1-3,5-6H3/b16-14-,25-13+. The van der Waals surface area contributed by atoms with E-state index < -0.39 is 0 Å². The molecule has 1 aromatic rings. The van der Waals surface area contributed by atoms with Gasteiger partial charge in [0.2, 0.25) is 0 Å². The summed E-state index contributed by atoms with van der Waals surface area (Å²) in [6, 6.07) is 9.38. The molecule has 0 heterocycles. The van der Waals surface area contributed by atoms with E-state index >= 15 is 0 Å². The first-order valence-corrected chi connectivity index (χ1v) is 11.2. The molecule has 0 aliphatic heterocycles. The summed E-state index contributed by atoms with van der Waals surface area (Å²) >= 11 is 0. The largest absolute Gasteiger partial charge is 0.0961 e. The Labute approximate surface area is 169 Å². The molecule has 0 fully saturated rings. The molecule has 0 spiro atoms. The summed E-state index contributed by atoms with van der Waals surface area (Å²) in [5, 5.41) is 0. The average molecular weight is 367 g/mol. The fourth-order valence-electron chi connectivity index (χ4n) is 3.44. The van der Waals surface area contributed by atoms with Crippen molar-refractivity contribution in [1.29, 1.82) is 0 Å². The molecule has 0 saturated heterocycles. The van der Waals surface area contributed by atoms with E-state index in [1.54, 1.807) is 0 Å². The minimum atomic E-state index is 0.705. The van der Waals surface area contributed by atoms with E-state index in [2.05, 4.69) is 83.7 Å². The molecule has 2 unspecified atom stereocenters. The third kappa shape index (κ3) is 9.27. The Balaban J connectivity index is 2.95. The van der Waals surface area contributed by atoms with Gasteiger partial charge in [0.15, 0.2) is 0 Å². The van der Waals surface area contributed by atoms with Gasteiger partial charge < -0.3 is 0 Å². The lowest BCUT2D eigenvalue weighted by atomic mass is 9.86. The van der Waals surface area contributed by atoms with Gasteiger partial charge in [0.25, 0.3) is 0 Å². The topological polar surface area (TPSA) is 0 Å². The number of unbranched alkanes of at least 4 members (excludes halogenated alkanes) is 2. The van der Waals surface area contributed by atoms with Crippen LogP contribution in [0.2, 0.25) is 0 Å². The van der Waals surface area contributed by atoms with Crippen molar-refractivity contribution in [2.75, 3.05) is 0 Å². The van der Waals surface area contributed by atoms with Gasteiger partial charge in [-0.1, -0.05) is 114 Å². The highest BCUT2D eigenvalue weighted by atomic mass is 14.2. The van der Waals surface area contributed by atoms with E-state index in [0.29, 0.717) is 5.92 Å². The molecule has 0 bridgehead atoms. The smallest absolute Gasteiger partial charge is 0.0162 e. The summed E-state index contributed by atoms with van der Waals surface area (Å²) in [4.78, 5) is 0. The molecule has 150 valence electrons. The van der Waals surface area contributed by atoms with Crippen molar-refractivity contribution in [2.24, 2.45) is 5.92 Å². The molecule has 0 aliphatic rings. The van der Waals surface area contributed by atoms with Crippen molar-refractivity contribution in [2.45, 2.75) is 91.9 Å². The SMILES string of the molecule is C=C(C)/C=C\C(=C/CCCC)c1ccc(C(CCC)CCC(C)CC)cc1. The highest BCUT2D eigenvalue weighted by molar-refractivity contribution is 5.74. The number of benzene rings is 1. The summed E-state index contributed by atoms with van der Waals surface area (Å²) in [5.41, 5.74) is 5.26. The zero-order valence-electron chi connectivity index (χ0n) is 18.6. The lowest BCUT2D eigenvalue weighted by molar-refractivity contribution is 0.445. The molecule has 1 rings (SSSR count). The van der Waals surface area contributed by atoms with E-state index in [1.807, 2.05) is 0 Å². The van der Waals surface area contributed by atoms with E-state index in [-0.39, 0.29) is 0 Å². The number of allylic oxidation sites excluding steroid dienone is 5. The quantitative estimate of drug-likeness (QED) is 0.241. The van der Waals surface area contributed by atoms with Gasteiger partial charge >= 0.3 is 0 Å². The molecular formula is C27H42. The van der Waals surface area contributed by atoms with Crippen molar-refractivity contribution < 1.29 is 0 Å². The van der Waals surface area contributed by atoms with Crippen molar-refractivity contribution >= 4 is 5.57 Å². The average Bonchev–Trinajstić information content (AvgIpc) is 2.67. The second kappa shape index (κ2) is 13.6. The Kier molecular flexibility index (Phi) is 11.8. The van der Waals surface area contributed by atoms with Crippen molar-refractivity contribution in [3.63, 3.8) is 0 Å². The Morgan fingerprint density at radius 3 is 2.22 bits per heavy atom. The Hall–Kier alpha value is -1.56. The van der Waals surface area contributed by atoms with Crippen LogP contribution < -0.4 is 0 Å². The first-order chi connectivity index (χ1) is 13.0. The monoisotopic (exact) mass is 366 g/mol. The third-order valence-corrected chi connectivity index (χ3v) is 5.53. The van der Waals surface area contributed by atoms with E-state index in [9.17, 15) is 0 Å². The Morgan fingerprint density at radius 2 is 1.67 bits per heavy atom. The van der Waals surface area contributed by atoms with Gasteiger partial charge in [0.1, 0.15) is 0 Å². The summed E-state index contributed by atoms with van der Waals surface area (Å²) in [6.45, 7) is 15.3. The van der Waals surface area contributed by atoms with Crippen LogP contribution in [0.5, 0.6) is 0 Å². The summed E-state index contributed by atoms with van der Waals surface area (Å²) in [7, 11) is 0. The Bertz CT molecular complexity index is 585. The summed E-state index contributed by atoms with van der Waals surface area (Å²) in [6.07, 6.45) is 16.9. The minimum absolute atomic E-state index is 0.705. The molecule has 27 heavy (non-hydrogen) atoms. The van der Waals surface area contributed by atoms with E-state index in [0.717, 1.165) is 17.9 Å². The molecule has 0 nitrogen and oxygen atoms in total. The van der Waals surface area contributed by atoms with Gasteiger partial charge in [-0.2, -0.15) is 0 Å². The normalized spacial score (nSPS) is 14.5. The molecule has 0 aromatic heterocycles. The van der Waals surface area contributed by atoms with Crippen LogP contribution >= 0.6 is 0 Å². The lowest BCUT2D eigenvalue weighted by Gasteiger charge is -2.19. The van der Waals surface area contributed by atoms with Crippen molar-refractivity contribution in [1.82, 2.24) is 0 Å². The number of rotatable bonds is 13. The molecule has 0 radical (unpaired) electrons. The highest BCUT2D eigenvalue weighted by Crippen LogP contribution is 2.30. The predicted molar refractivity (Wildman–Crippen MR) is 124 cm³/mol. The number of hydrogen-bond donors (Lipinski definition) is 0. The molecule has 2 atom stereocenters. The van der Waals surface area contributed by atoms with Gasteiger partial charge in [-0.05, 0) is 54.7 Å². The maximum absolute atomic E-state index is 4.00. The lowest BCUT2D eigenvalue weighted by Crippen LogP contribution is -2.02. The maximum atomic E-state index is 4.00. The fraction of sp³-hybridized carbons (Fsp3) is 0.556. The maximum Gasteiger partial charge on any atom is -0.0162 e. The van der Waals surface area contributed by atoms with Crippen LogP contribution in [0.3, 0.4) is 0 Å². The first-order valence-electron chi connectivity index (χ1n) is 11.2. The number of hydrogen-bond acceptors (Lipinski definition) is 0. The van der Waals surface area contributed by atoms with Crippen LogP contribution in [0.15, 0.2) is 54.6 Å². The fourth-order valence-corrected chi connectivity index (χ4v) is 3.44. The van der Waals surface area contributed by atoms with Crippen molar-refractivity contribution in [3.05, 3.63) is 65.8 Å². The first kappa shape index (κ1) is 23.5. The third-order valence-electron chi connectivity index (χ3n) is 5.53. The minimum Gasteiger partial charge on any atom is -0.0961 e. The highest BCUT2D eigenvalue weighted by Gasteiger charge is 2.12. The van der Waals surface area contributed by atoms with Gasteiger partial charge in [-0.15, -0.1) is 0 Å². The van der Waals surface area contributed by atoms with Crippen LogP contribution in [0.4, 0.5) is 0 Å². The molecule has 0 N–H and O–H groups in total. The second-order valence-corrected chi connectivity index (χ2v) is 8.18. The second-order valence-electron chi connectivity index (χ2n) is 8.18. The zero-order valence-corrected chi connectivity index (χ0v) is 18.6. The molecule has 1 aromatic carbocycles. The van der Waals surface area contributed by atoms with Gasteiger partial charge in [0, 0.05) is 0 Å². The van der Waals surface area contributed by atoms with Crippen molar-refractivity contribution in [3.8, 4) is 0 Å². The Morgan fingerprint density at radius 1 is 0.963 bits per heavy atom. The van der Waals surface area contributed by atoms with Gasteiger partial charge in [-0.3, -0.25) is 0 Å². The predicted octanol–water partition coefficient (Wildman–Crippen LogP) is 9.10. The van der Waals surface area contributed by atoms with Crippen LogP contribution in [0.25, 0.3) is 5.57 Å². The van der Waals surface area contributed by atoms with E-state index in [1.165, 1.54) is 61.6 Å². The molecular weight excluding hydrogens is 324 g/mol. The molecule has 0 saturated carbocycles. The molecule has 0 aliphatic carbocycles. The van der Waals surface area contributed by atoms with Crippen LogP contribution in [-0.2, 0) is 0 Å². The van der Waals surface area contributed by atoms with Gasteiger partial charge in [0.05, 0.1) is 0 Å². The van der Waals surface area contributed by atoms with Crippen LogP contribution in [-0.4, -0.2) is 0 Å². The summed E-state index contributed by atoms with van der Waals surface area (Å²) < 4.78 is 0. The van der Waals surface area contributed by atoms with Crippen LogP contribution in [0, 0.1) is 5.92 Å². The molecule has 0 heteroatoms.